The molecular formula is C47H90O6. The molecule has 6 heteroatoms. The summed E-state index contributed by atoms with van der Waals surface area (Å²) < 4.78 is 16.7. The van der Waals surface area contributed by atoms with Crippen LogP contribution in [0.3, 0.4) is 0 Å². The maximum Gasteiger partial charge on any atom is 0.306 e. The number of esters is 3. The van der Waals surface area contributed by atoms with Crippen molar-refractivity contribution in [1.29, 1.82) is 0 Å². The quantitative estimate of drug-likeness (QED) is 0.0351. The van der Waals surface area contributed by atoms with Crippen molar-refractivity contribution in [3.05, 3.63) is 0 Å². The monoisotopic (exact) mass is 751 g/mol. The Bertz CT molecular complexity index is 796. The maximum atomic E-state index is 12.7. The molecule has 0 bridgehead atoms. The summed E-state index contributed by atoms with van der Waals surface area (Å²) in [6, 6.07) is 0. The van der Waals surface area contributed by atoms with E-state index in [0.717, 1.165) is 63.7 Å². The predicted octanol–water partition coefficient (Wildman–Crippen LogP) is 14.7. The fraction of sp³-hybridized carbons (Fsp3) is 0.936. The highest BCUT2D eigenvalue weighted by Gasteiger charge is 2.19. The Labute approximate surface area is 329 Å². The third-order valence-corrected chi connectivity index (χ3v) is 10.5. The van der Waals surface area contributed by atoms with Gasteiger partial charge >= 0.3 is 17.9 Å². The zero-order valence-electron chi connectivity index (χ0n) is 36.0. The molecule has 0 amide bonds. The normalized spacial score (nSPS) is 11.9. The lowest BCUT2D eigenvalue weighted by Gasteiger charge is -2.18. The first-order valence-electron chi connectivity index (χ1n) is 23.4. The lowest BCUT2D eigenvalue weighted by Crippen LogP contribution is -2.30. The molecule has 0 aliphatic rings. The van der Waals surface area contributed by atoms with Crippen LogP contribution in [0.4, 0.5) is 0 Å². The van der Waals surface area contributed by atoms with Crippen LogP contribution in [0.2, 0.25) is 0 Å². The highest BCUT2D eigenvalue weighted by Crippen LogP contribution is 2.16. The van der Waals surface area contributed by atoms with Crippen molar-refractivity contribution >= 4 is 17.9 Å². The number of hydrogen-bond acceptors (Lipinski definition) is 6. The minimum absolute atomic E-state index is 0.0638. The number of ether oxygens (including phenoxy) is 3. The van der Waals surface area contributed by atoms with Gasteiger partial charge in [0.15, 0.2) is 6.10 Å². The van der Waals surface area contributed by atoms with Crippen LogP contribution >= 0.6 is 0 Å². The minimum atomic E-state index is -0.758. The Kier molecular flexibility index (Phi) is 40.3. The summed E-state index contributed by atoms with van der Waals surface area (Å²) in [5, 5.41) is 0. The molecule has 0 N–H and O–H groups in total. The molecule has 314 valence electrons. The molecule has 0 unspecified atom stereocenters. The van der Waals surface area contributed by atoms with Crippen molar-refractivity contribution in [2.75, 3.05) is 13.2 Å². The van der Waals surface area contributed by atoms with Crippen LogP contribution in [-0.4, -0.2) is 37.2 Å². The molecule has 0 aliphatic carbocycles. The van der Waals surface area contributed by atoms with Crippen molar-refractivity contribution in [1.82, 2.24) is 0 Å². The van der Waals surface area contributed by atoms with E-state index >= 15 is 0 Å². The van der Waals surface area contributed by atoms with E-state index in [2.05, 4.69) is 27.7 Å². The van der Waals surface area contributed by atoms with E-state index < -0.39 is 6.10 Å². The maximum absolute atomic E-state index is 12.7. The Morgan fingerprint density at radius 2 is 0.623 bits per heavy atom. The standard InChI is InChI=1S/C47H90O6/c1-5-7-9-11-13-14-19-24-28-32-36-40-47(50)53-44(41-51-45(48)38-34-30-25-12-10-8-6-2)42-52-46(49)39-35-31-27-23-21-18-16-15-17-20-22-26-29-33-37-43(3)4/h43-44H,5-42H2,1-4H3/t44-/m0/s1. The van der Waals surface area contributed by atoms with Gasteiger partial charge in [0.05, 0.1) is 0 Å². The molecule has 1 atom stereocenters. The Morgan fingerprint density at radius 3 is 0.925 bits per heavy atom. The van der Waals surface area contributed by atoms with Gasteiger partial charge in [0.25, 0.3) is 0 Å². The zero-order chi connectivity index (χ0) is 38.9. The summed E-state index contributed by atoms with van der Waals surface area (Å²) >= 11 is 0. The second kappa shape index (κ2) is 41.6. The Morgan fingerprint density at radius 1 is 0.358 bits per heavy atom. The molecule has 0 aromatic rings. The lowest BCUT2D eigenvalue weighted by molar-refractivity contribution is -0.167. The number of carbonyl (C=O) groups is 3. The predicted molar refractivity (Wildman–Crippen MR) is 224 cm³/mol. The van der Waals surface area contributed by atoms with Crippen molar-refractivity contribution in [3.8, 4) is 0 Å². The van der Waals surface area contributed by atoms with Gasteiger partial charge in [0, 0.05) is 19.3 Å². The van der Waals surface area contributed by atoms with Crippen molar-refractivity contribution < 1.29 is 28.6 Å². The van der Waals surface area contributed by atoms with E-state index in [1.54, 1.807) is 0 Å². The smallest absolute Gasteiger partial charge is 0.306 e. The molecule has 0 radical (unpaired) electrons. The van der Waals surface area contributed by atoms with Gasteiger partial charge in [-0.2, -0.15) is 0 Å². The molecular weight excluding hydrogens is 661 g/mol. The van der Waals surface area contributed by atoms with Crippen molar-refractivity contribution in [2.45, 2.75) is 265 Å². The Balaban J connectivity index is 4.20. The van der Waals surface area contributed by atoms with E-state index in [0.29, 0.717) is 19.3 Å². The minimum Gasteiger partial charge on any atom is -0.462 e. The number of carbonyl (C=O) groups excluding carboxylic acids is 3. The zero-order valence-corrected chi connectivity index (χ0v) is 36.0. The molecule has 0 aliphatic heterocycles. The molecule has 0 aromatic carbocycles. The van der Waals surface area contributed by atoms with Gasteiger partial charge in [-0.25, -0.2) is 0 Å². The molecule has 0 saturated carbocycles. The van der Waals surface area contributed by atoms with Gasteiger partial charge in [-0.05, 0) is 25.2 Å². The molecule has 0 saturated heterocycles. The van der Waals surface area contributed by atoms with Gasteiger partial charge in [0.2, 0.25) is 0 Å². The highest BCUT2D eigenvalue weighted by atomic mass is 16.6. The average Bonchev–Trinajstić information content (AvgIpc) is 3.14. The van der Waals surface area contributed by atoms with Gasteiger partial charge < -0.3 is 14.2 Å². The lowest BCUT2D eigenvalue weighted by atomic mass is 10.0. The van der Waals surface area contributed by atoms with Crippen LogP contribution in [0.5, 0.6) is 0 Å². The van der Waals surface area contributed by atoms with E-state index in [1.165, 1.54) is 154 Å². The first-order valence-corrected chi connectivity index (χ1v) is 23.4. The third kappa shape index (κ3) is 41.4. The second-order valence-corrected chi connectivity index (χ2v) is 16.5. The molecule has 0 aromatic heterocycles. The summed E-state index contributed by atoms with van der Waals surface area (Å²) in [6.07, 6.45) is 41.0. The molecule has 53 heavy (non-hydrogen) atoms. The van der Waals surface area contributed by atoms with Gasteiger partial charge in [0.1, 0.15) is 13.2 Å². The fourth-order valence-electron chi connectivity index (χ4n) is 6.98. The van der Waals surface area contributed by atoms with E-state index in [4.69, 9.17) is 14.2 Å². The largest absolute Gasteiger partial charge is 0.462 e. The first-order chi connectivity index (χ1) is 25.9. The van der Waals surface area contributed by atoms with E-state index in [1.807, 2.05) is 0 Å². The number of rotatable bonds is 42. The molecule has 0 heterocycles. The molecule has 6 nitrogen and oxygen atoms in total. The highest BCUT2D eigenvalue weighted by molar-refractivity contribution is 5.71. The summed E-state index contributed by atoms with van der Waals surface area (Å²) in [4.78, 5) is 37.6. The van der Waals surface area contributed by atoms with Crippen LogP contribution in [0.15, 0.2) is 0 Å². The van der Waals surface area contributed by atoms with Gasteiger partial charge in [-0.1, -0.05) is 220 Å². The molecule has 0 rings (SSSR count). The van der Waals surface area contributed by atoms with E-state index in [-0.39, 0.29) is 31.1 Å². The summed E-state index contributed by atoms with van der Waals surface area (Å²) in [5.41, 5.74) is 0. The van der Waals surface area contributed by atoms with Crippen molar-refractivity contribution in [2.24, 2.45) is 5.92 Å². The third-order valence-electron chi connectivity index (χ3n) is 10.5. The fourth-order valence-corrected chi connectivity index (χ4v) is 6.98. The van der Waals surface area contributed by atoms with Crippen LogP contribution in [0.1, 0.15) is 259 Å². The average molecular weight is 751 g/mol. The number of unbranched alkanes of at least 4 members (excludes halogenated alkanes) is 29. The molecule has 0 spiro atoms. The molecule has 0 fully saturated rings. The second-order valence-electron chi connectivity index (χ2n) is 16.5. The SMILES string of the molecule is CCCCCCCCCCCCCC(=O)O[C@@H](COC(=O)CCCCCCCCC)COC(=O)CCCCCCCCCCCCCCCCC(C)C. The van der Waals surface area contributed by atoms with Crippen LogP contribution < -0.4 is 0 Å². The van der Waals surface area contributed by atoms with Crippen LogP contribution in [0.25, 0.3) is 0 Å². The Hall–Kier alpha value is -1.59. The summed E-state index contributed by atoms with van der Waals surface area (Å²) in [7, 11) is 0. The summed E-state index contributed by atoms with van der Waals surface area (Å²) in [6.45, 7) is 8.97. The van der Waals surface area contributed by atoms with Crippen LogP contribution in [0, 0.1) is 5.92 Å². The first kappa shape index (κ1) is 51.4. The van der Waals surface area contributed by atoms with Gasteiger partial charge in [-0.15, -0.1) is 0 Å². The van der Waals surface area contributed by atoms with Crippen molar-refractivity contribution in [3.63, 3.8) is 0 Å². The topological polar surface area (TPSA) is 78.9 Å². The van der Waals surface area contributed by atoms with Gasteiger partial charge in [-0.3, -0.25) is 14.4 Å². The van der Waals surface area contributed by atoms with Crippen LogP contribution in [-0.2, 0) is 28.6 Å². The summed E-state index contributed by atoms with van der Waals surface area (Å²) in [5.74, 6) is -0.0141. The van der Waals surface area contributed by atoms with E-state index in [9.17, 15) is 14.4 Å². The number of hydrogen-bond donors (Lipinski definition) is 0.